The number of nitrogens with zero attached hydrogens (tertiary/aromatic N) is 3. The van der Waals surface area contributed by atoms with E-state index in [1.54, 1.807) is 0 Å². The van der Waals surface area contributed by atoms with Gasteiger partial charge in [0.25, 0.3) is 0 Å². The molecule has 0 N–H and O–H groups in total. The Morgan fingerprint density at radius 1 is 1.00 bits per heavy atom. The highest BCUT2D eigenvalue weighted by Crippen LogP contribution is 2.18. The van der Waals surface area contributed by atoms with E-state index in [1.165, 1.54) is 11.1 Å². The summed E-state index contributed by atoms with van der Waals surface area (Å²) in [7, 11) is 0. The Hall–Kier alpha value is -1.55. The molecule has 25 heavy (non-hydrogen) atoms. The average molecular weight is 378 g/mol. The number of piperazine rings is 1. The van der Waals surface area contributed by atoms with Crippen LogP contribution in [0.3, 0.4) is 0 Å². The van der Waals surface area contributed by atoms with E-state index in [2.05, 4.69) is 52.3 Å². The van der Waals surface area contributed by atoms with E-state index in [4.69, 9.17) is 11.6 Å². The first-order valence-corrected chi connectivity index (χ1v) is 8.96. The van der Waals surface area contributed by atoms with Crippen LogP contribution < -0.4 is 0 Å². The second-order valence-electron chi connectivity index (χ2n) is 6.16. The third-order valence-corrected chi connectivity index (χ3v) is 4.83. The zero-order valence-electron chi connectivity index (χ0n) is 14.6. The van der Waals surface area contributed by atoms with Gasteiger partial charge >= 0.3 is 0 Å². The predicted octanol–water partition coefficient (Wildman–Crippen LogP) is 4.48. The highest BCUT2D eigenvalue weighted by molar-refractivity contribution is 6.31. The molecule has 3 rings (SSSR count). The molecule has 0 aliphatic carbocycles. The lowest BCUT2D eigenvalue weighted by atomic mass is 10.1. The van der Waals surface area contributed by atoms with Crippen LogP contribution in [0.2, 0.25) is 5.02 Å². The van der Waals surface area contributed by atoms with Crippen LogP contribution in [-0.4, -0.2) is 42.3 Å². The lowest BCUT2D eigenvalue weighted by Crippen LogP contribution is -2.43. The maximum atomic E-state index is 6.25. The Kier molecular flexibility index (Phi) is 7.76. The molecule has 0 atom stereocenters. The fourth-order valence-electron chi connectivity index (χ4n) is 2.87. The molecule has 0 spiro atoms. The van der Waals surface area contributed by atoms with Crippen molar-refractivity contribution in [3.05, 3.63) is 70.2 Å². The molecule has 0 radical (unpaired) electrons. The number of hydrogen-bond donors (Lipinski definition) is 0. The van der Waals surface area contributed by atoms with Crippen molar-refractivity contribution in [2.24, 2.45) is 5.10 Å². The molecule has 1 heterocycles. The number of halogens is 2. The molecular formula is C20H25Cl2N3. The van der Waals surface area contributed by atoms with Crippen molar-refractivity contribution in [1.29, 1.82) is 0 Å². The summed E-state index contributed by atoms with van der Waals surface area (Å²) >= 11 is 6.25. The third-order valence-electron chi connectivity index (χ3n) is 4.46. The lowest BCUT2D eigenvalue weighted by molar-refractivity contribution is 0.131. The van der Waals surface area contributed by atoms with Crippen LogP contribution >= 0.6 is 24.0 Å². The molecule has 1 saturated heterocycles. The van der Waals surface area contributed by atoms with Gasteiger partial charge in [-0.2, -0.15) is 5.10 Å². The summed E-state index contributed by atoms with van der Waals surface area (Å²) in [5.74, 6) is 0. The molecule has 3 nitrogen and oxygen atoms in total. The van der Waals surface area contributed by atoms with Gasteiger partial charge in [0.1, 0.15) is 0 Å². The predicted molar refractivity (Wildman–Crippen MR) is 109 cm³/mol. The average Bonchev–Trinajstić information content (AvgIpc) is 2.63. The van der Waals surface area contributed by atoms with Gasteiger partial charge in [0.2, 0.25) is 0 Å². The zero-order chi connectivity index (χ0) is 16.8. The summed E-state index contributed by atoms with van der Waals surface area (Å²) in [6.45, 7) is 7.01. The molecular weight excluding hydrogens is 353 g/mol. The monoisotopic (exact) mass is 377 g/mol. The van der Waals surface area contributed by atoms with Crippen LogP contribution in [0.5, 0.6) is 0 Å². The summed E-state index contributed by atoms with van der Waals surface area (Å²) in [5, 5.41) is 7.63. The van der Waals surface area contributed by atoms with E-state index in [0.29, 0.717) is 0 Å². The number of hydrazone groups is 1. The van der Waals surface area contributed by atoms with Gasteiger partial charge in [-0.25, -0.2) is 0 Å². The van der Waals surface area contributed by atoms with Gasteiger partial charge in [-0.1, -0.05) is 61.0 Å². The van der Waals surface area contributed by atoms with Crippen molar-refractivity contribution in [2.45, 2.75) is 19.9 Å². The van der Waals surface area contributed by atoms with Gasteiger partial charge in [0, 0.05) is 37.7 Å². The zero-order valence-corrected chi connectivity index (χ0v) is 16.1. The van der Waals surface area contributed by atoms with Gasteiger partial charge in [0.15, 0.2) is 0 Å². The molecule has 2 aromatic rings. The molecule has 0 aromatic heterocycles. The van der Waals surface area contributed by atoms with Gasteiger partial charge < -0.3 is 0 Å². The first-order chi connectivity index (χ1) is 11.7. The Morgan fingerprint density at radius 2 is 1.68 bits per heavy atom. The van der Waals surface area contributed by atoms with Gasteiger partial charge in [0.05, 0.1) is 6.21 Å². The fourth-order valence-corrected chi connectivity index (χ4v) is 3.06. The number of rotatable bonds is 5. The van der Waals surface area contributed by atoms with Crippen molar-refractivity contribution >= 4 is 30.2 Å². The first-order valence-electron chi connectivity index (χ1n) is 8.58. The Labute approximate surface area is 161 Å². The highest BCUT2D eigenvalue weighted by Gasteiger charge is 2.16. The van der Waals surface area contributed by atoms with Crippen LogP contribution in [0.25, 0.3) is 0 Å². The van der Waals surface area contributed by atoms with Crippen molar-refractivity contribution < 1.29 is 0 Å². The second kappa shape index (κ2) is 9.81. The van der Waals surface area contributed by atoms with Crippen LogP contribution in [-0.2, 0) is 13.0 Å². The maximum absolute atomic E-state index is 6.25. The summed E-state index contributed by atoms with van der Waals surface area (Å²) in [5.41, 5.74) is 3.72. The van der Waals surface area contributed by atoms with Crippen molar-refractivity contribution in [2.75, 3.05) is 26.2 Å². The molecule has 0 unspecified atom stereocenters. The highest BCUT2D eigenvalue weighted by atomic mass is 35.5. The minimum atomic E-state index is 0. The van der Waals surface area contributed by atoms with Crippen molar-refractivity contribution in [3.8, 4) is 0 Å². The van der Waals surface area contributed by atoms with Crippen molar-refractivity contribution in [1.82, 2.24) is 9.91 Å². The number of hydrogen-bond acceptors (Lipinski definition) is 3. The quantitative estimate of drug-likeness (QED) is 0.715. The molecule has 0 bridgehead atoms. The fraction of sp³-hybridized carbons (Fsp3) is 0.350. The Bertz CT molecular complexity index is 678. The van der Waals surface area contributed by atoms with E-state index < -0.39 is 0 Å². The molecule has 0 amide bonds. The Balaban J connectivity index is 0.00000225. The maximum Gasteiger partial charge on any atom is 0.0542 e. The SMILES string of the molecule is CCc1ccc(/C=N/N2CCN(Cc3ccccc3Cl)CC2)cc1.Cl. The number of benzene rings is 2. The van der Waals surface area contributed by atoms with Gasteiger partial charge in [-0.05, 0) is 29.2 Å². The number of aryl methyl sites for hydroxylation is 1. The molecule has 1 aliphatic rings. The molecule has 134 valence electrons. The van der Waals surface area contributed by atoms with Crippen LogP contribution in [0.15, 0.2) is 53.6 Å². The normalized spacial score (nSPS) is 15.4. The van der Waals surface area contributed by atoms with E-state index in [9.17, 15) is 0 Å². The smallest absolute Gasteiger partial charge is 0.0542 e. The summed E-state index contributed by atoms with van der Waals surface area (Å²) in [6, 6.07) is 16.7. The largest absolute Gasteiger partial charge is 0.295 e. The molecule has 5 heteroatoms. The summed E-state index contributed by atoms with van der Waals surface area (Å²) in [4.78, 5) is 2.43. The van der Waals surface area contributed by atoms with E-state index in [-0.39, 0.29) is 12.4 Å². The Morgan fingerprint density at radius 3 is 2.32 bits per heavy atom. The van der Waals surface area contributed by atoms with Crippen LogP contribution in [0.1, 0.15) is 23.6 Å². The molecule has 2 aromatic carbocycles. The topological polar surface area (TPSA) is 18.8 Å². The van der Waals surface area contributed by atoms with E-state index in [0.717, 1.165) is 49.7 Å². The van der Waals surface area contributed by atoms with E-state index >= 15 is 0 Å². The molecule has 1 fully saturated rings. The third kappa shape index (κ3) is 5.74. The van der Waals surface area contributed by atoms with Gasteiger partial charge in [-0.15, -0.1) is 12.4 Å². The lowest BCUT2D eigenvalue weighted by Gasteiger charge is -2.33. The van der Waals surface area contributed by atoms with Crippen LogP contribution in [0, 0.1) is 0 Å². The molecule has 1 aliphatic heterocycles. The summed E-state index contributed by atoms with van der Waals surface area (Å²) in [6.07, 6.45) is 3.04. The van der Waals surface area contributed by atoms with Crippen LogP contribution in [0.4, 0.5) is 0 Å². The minimum absolute atomic E-state index is 0. The van der Waals surface area contributed by atoms with Crippen molar-refractivity contribution in [3.63, 3.8) is 0 Å². The standard InChI is InChI=1S/C20H24ClN3.ClH/c1-2-17-7-9-18(10-8-17)15-22-24-13-11-23(12-14-24)16-19-5-3-4-6-20(19)21;/h3-10,15H,2,11-14,16H2,1H3;1H/b22-15+;. The first kappa shape index (κ1) is 19.8. The summed E-state index contributed by atoms with van der Waals surface area (Å²) < 4.78 is 0. The van der Waals surface area contributed by atoms with E-state index in [1.807, 2.05) is 24.4 Å². The minimum Gasteiger partial charge on any atom is -0.295 e. The van der Waals surface area contributed by atoms with Gasteiger partial charge in [-0.3, -0.25) is 9.91 Å². The molecule has 0 saturated carbocycles. The second-order valence-corrected chi connectivity index (χ2v) is 6.57.